The number of guanidine groups is 1. The maximum atomic E-state index is 11.6. The zero-order valence-corrected chi connectivity index (χ0v) is 17.7. The molecular weight excluding hydrogens is 378 g/mol. The molecule has 4 N–H and O–H groups in total. The molecule has 0 spiro atoms. The Labute approximate surface area is 178 Å². The van der Waals surface area contributed by atoms with E-state index in [9.17, 15) is 9.90 Å². The van der Waals surface area contributed by atoms with Crippen molar-refractivity contribution in [2.45, 2.75) is 26.0 Å². The van der Waals surface area contributed by atoms with E-state index in [0.717, 1.165) is 29.9 Å². The predicted octanol–water partition coefficient (Wildman–Crippen LogP) is 1.59. The second-order valence-electron chi connectivity index (χ2n) is 7.63. The van der Waals surface area contributed by atoms with E-state index in [-0.39, 0.29) is 5.91 Å². The number of nitrogens with one attached hydrogen (secondary N) is 3. The number of amides is 1. The van der Waals surface area contributed by atoms with Crippen molar-refractivity contribution < 1.29 is 9.90 Å². The predicted molar refractivity (Wildman–Crippen MR) is 120 cm³/mol. The summed E-state index contributed by atoms with van der Waals surface area (Å²) in [5.74, 6) is 0.716. The van der Waals surface area contributed by atoms with Crippen LogP contribution in [-0.4, -0.2) is 49.7 Å². The average molecular weight is 410 g/mol. The first-order valence-corrected chi connectivity index (χ1v) is 10.4. The lowest BCUT2D eigenvalue weighted by molar-refractivity contribution is -0.120. The Bertz CT molecular complexity index is 850. The van der Waals surface area contributed by atoms with Gasteiger partial charge in [0.1, 0.15) is 5.60 Å². The number of carbonyl (C=O) groups excluding carboxylic acids is 1. The highest BCUT2D eigenvalue weighted by atomic mass is 16.3. The van der Waals surface area contributed by atoms with E-state index in [1.165, 1.54) is 0 Å². The van der Waals surface area contributed by atoms with Gasteiger partial charge >= 0.3 is 0 Å². The molecule has 160 valence electrons. The van der Waals surface area contributed by atoms with Crippen molar-refractivity contribution in [2.24, 2.45) is 4.99 Å². The molecule has 1 fully saturated rings. The second-order valence-corrected chi connectivity index (χ2v) is 7.63. The molecule has 0 aliphatic carbocycles. The molecule has 1 unspecified atom stereocenters. The van der Waals surface area contributed by atoms with Crippen LogP contribution in [0.1, 0.15) is 25.0 Å². The standard InChI is InChI=1S/C23H31N5O2/c1-3-24-22(27-17-23(2,30)19-7-5-4-6-8-19)26-15-18-9-11-20(12-10-18)28-14-13-25-21(29)16-28/h4-12,30H,3,13-17H2,1-2H3,(H,25,29)(H2,24,26,27). The van der Waals surface area contributed by atoms with Crippen LogP contribution in [0.5, 0.6) is 0 Å². The van der Waals surface area contributed by atoms with E-state index >= 15 is 0 Å². The van der Waals surface area contributed by atoms with Gasteiger partial charge in [0.15, 0.2) is 5.96 Å². The average Bonchev–Trinajstić information content (AvgIpc) is 2.77. The third-order valence-electron chi connectivity index (χ3n) is 5.10. The summed E-state index contributed by atoms with van der Waals surface area (Å²) in [4.78, 5) is 18.3. The molecule has 7 nitrogen and oxygen atoms in total. The fourth-order valence-electron chi connectivity index (χ4n) is 3.34. The molecular formula is C23H31N5O2. The zero-order valence-electron chi connectivity index (χ0n) is 17.7. The van der Waals surface area contributed by atoms with Gasteiger partial charge in [0, 0.05) is 25.3 Å². The molecule has 1 amide bonds. The second kappa shape index (κ2) is 10.1. The monoisotopic (exact) mass is 409 g/mol. The van der Waals surface area contributed by atoms with E-state index in [1.807, 2.05) is 61.5 Å². The first kappa shape index (κ1) is 21.6. The number of hydrogen-bond donors (Lipinski definition) is 4. The molecule has 7 heteroatoms. The van der Waals surface area contributed by atoms with E-state index < -0.39 is 5.60 Å². The molecule has 0 saturated carbocycles. The number of aliphatic imine (C=N–C) groups is 1. The van der Waals surface area contributed by atoms with Crippen LogP contribution in [0.4, 0.5) is 5.69 Å². The van der Waals surface area contributed by atoms with Gasteiger partial charge in [-0.1, -0.05) is 42.5 Å². The Morgan fingerprint density at radius 1 is 1.17 bits per heavy atom. The molecule has 0 radical (unpaired) electrons. The van der Waals surface area contributed by atoms with E-state index in [2.05, 4.69) is 25.8 Å². The quantitative estimate of drug-likeness (QED) is 0.412. The number of anilines is 1. The maximum absolute atomic E-state index is 11.6. The van der Waals surface area contributed by atoms with Crippen molar-refractivity contribution in [2.75, 3.05) is 37.6 Å². The molecule has 1 heterocycles. The number of piperazine rings is 1. The lowest BCUT2D eigenvalue weighted by Gasteiger charge is -2.28. The molecule has 2 aromatic rings. The number of benzene rings is 2. The van der Waals surface area contributed by atoms with Crippen LogP contribution in [0.3, 0.4) is 0 Å². The summed E-state index contributed by atoms with van der Waals surface area (Å²) in [6.45, 7) is 7.29. The van der Waals surface area contributed by atoms with Crippen LogP contribution in [0.15, 0.2) is 59.6 Å². The van der Waals surface area contributed by atoms with Gasteiger partial charge in [-0.15, -0.1) is 0 Å². The number of rotatable bonds is 7. The number of carbonyl (C=O) groups is 1. The van der Waals surface area contributed by atoms with E-state index in [1.54, 1.807) is 6.92 Å². The molecule has 3 rings (SSSR count). The summed E-state index contributed by atoms with van der Waals surface area (Å²) >= 11 is 0. The summed E-state index contributed by atoms with van der Waals surface area (Å²) in [6.07, 6.45) is 0. The zero-order chi connectivity index (χ0) is 21.4. The van der Waals surface area contributed by atoms with Gasteiger partial charge in [0.2, 0.25) is 5.91 Å². The highest BCUT2D eigenvalue weighted by Gasteiger charge is 2.23. The molecule has 1 saturated heterocycles. The van der Waals surface area contributed by atoms with Crippen LogP contribution in [0.25, 0.3) is 0 Å². The fraction of sp³-hybridized carbons (Fsp3) is 0.391. The summed E-state index contributed by atoms with van der Waals surface area (Å²) in [7, 11) is 0. The normalized spacial score (nSPS) is 16.6. The van der Waals surface area contributed by atoms with Gasteiger partial charge in [-0.25, -0.2) is 4.99 Å². The van der Waals surface area contributed by atoms with Crippen LogP contribution >= 0.6 is 0 Å². The minimum Gasteiger partial charge on any atom is -0.384 e. The topological polar surface area (TPSA) is 89.0 Å². The first-order chi connectivity index (χ1) is 14.5. The molecule has 0 aromatic heterocycles. The summed E-state index contributed by atoms with van der Waals surface area (Å²) < 4.78 is 0. The number of aliphatic hydroxyl groups is 1. The molecule has 1 aliphatic heterocycles. The van der Waals surface area contributed by atoms with Crippen LogP contribution < -0.4 is 20.9 Å². The van der Waals surface area contributed by atoms with Gasteiger partial charge in [-0.2, -0.15) is 0 Å². The molecule has 1 aliphatic rings. The number of hydrogen-bond acceptors (Lipinski definition) is 4. The Morgan fingerprint density at radius 2 is 1.90 bits per heavy atom. The Kier molecular flexibility index (Phi) is 7.30. The Hall–Kier alpha value is -3.06. The SMILES string of the molecule is CCNC(=NCc1ccc(N2CCNC(=O)C2)cc1)NCC(C)(O)c1ccccc1. The summed E-state index contributed by atoms with van der Waals surface area (Å²) in [6, 6.07) is 17.7. The first-order valence-electron chi connectivity index (χ1n) is 10.4. The fourth-order valence-corrected chi connectivity index (χ4v) is 3.34. The van der Waals surface area contributed by atoms with Gasteiger partial charge in [0.05, 0.1) is 19.6 Å². The maximum Gasteiger partial charge on any atom is 0.239 e. The third kappa shape index (κ3) is 5.97. The summed E-state index contributed by atoms with van der Waals surface area (Å²) in [5.41, 5.74) is 1.98. The lowest BCUT2D eigenvalue weighted by atomic mass is 9.96. The van der Waals surface area contributed by atoms with Crippen molar-refractivity contribution in [3.63, 3.8) is 0 Å². The largest absolute Gasteiger partial charge is 0.384 e. The van der Waals surface area contributed by atoms with E-state index in [0.29, 0.717) is 32.1 Å². The minimum atomic E-state index is -1.00. The lowest BCUT2D eigenvalue weighted by Crippen LogP contribution is -2.47. The van der Waals surface area contributed by atoms with Gasteiger partial charge in [-0.05, 0) is 37.1 Å². The smallest absolute Gasteiger partial charge is 0.239 e. The van der Waals surface area contributed by atoms with Gasteiger partial charge < -0.3 is 26.0 Å². The third-order valence-corrected chi connectivity index (χ3v) is 5.10. The van der Waals surface area contributed by atoms with Gasteiger partial charge in [-0.3, -0.25) is 4.79 Å². The van der Waals surface area contributed by atoms with Gasteiger partial charge in [0.25, 0.3) is 0 Å². The van der Waals surface area contributed by atoms with Crippen molar-refractivity contribution in [3.8, 4) is 0 Å². The van der Waals surface area contributed by atoms with Crippen molar-refractivity contribution >= 4 is 17.6 Å². The van der Waals surface area contributed by atoms with Crippen LogP contribution in [0, 0.1) is 0 Å². The van der Waals surface area contributed by atoms with Crippen LogP contribution in [0.2, 0.25) is 0 Å². The Balaban J connectivity index is 1.59. The Morgan fingerprint density at radius 3 is 2.57 bits per heavy atom. The molecule has 0 bridgehead atoms. The van der Waals surface area contributed by atoms with Crippen LogP contribution in [-0.2, 0) is 16.9 Å². The van der Waals surface area contributed by atoms with Crippen molar-refractivity contribution in [1.29, 1.82) is 0 Å². The van der Waals surface area contributed by atoms with Crippen molar-refractivity contribution in [3.05, 3.63) is 65.7 Å². The van der Waals surface area contributed by atoms with E-state index in [4.69, 9.17) is 0 Å². The van der Waals surface area contributed by atoms with Crippen molar-refractivity contribution in [1.82, 2.24) is 16.0 Å². The molecule has 1 atom stereocenters. The minimum absolute atomic E-state index is 0.0580. The summed E-state index contributed by atoms with van der Waals surface area (Å²) in [5, 5.41) is 20.1. The highest BCUT2D eigenvalue weighted by Crippen LogP contribution is 2.19. The highest BCUT2D eigenvalue weighted by molar-refractivity contribution is 5.82. The molecule has 2 aromatic carbocycles. The molecule has 30 heavy (non-hydrogen) atoms. The number of nitrogens with zero attached hydrogens (tertiary/aromatic N) is 2.